The predicted molar refractivity (Wildman–Crippen MR) is 70.9 cm³/mol. The van der Waals surface area contributed by atoms with E-state index in [4.69, 9.17) is 0 Å². The van der Waals surface area contributed by atoms with Crippen molar-refractivity contribution in [2.24, 2.45) is 0 Å². The van der Waals surface area contributed by atoms with Gasteiger partial charge >= 0.3 is 0 Å². The molecule has 0 aromatic heterocycles. The Morgan fingerprint density at radius 2 is 1.58 bits per heavy atom. The molecule has 0 aliphatic heterocycles. The van der Waals surface area contributed by atoms with Gasteiger partial charge in [-0.1, -0.05) is 41.5 Å². The SMILES string of the molecule is Cc1cc(C)cc(C(C)(O)c2cccc(F)c2F)c1. The summed E-state index contributed by atoms with van der Waals surface area (Å²) in [5.41, 5.74) is 0.856. The highest BCUT2D eigenvalue weighted by atomic mass is 19.2. The van der Waals surface area contributed by atoms with E-state index in [0.29, 0.717) is 5.56 Å². The second-order valence-electron chi connectivity index (χ2n) is 5.05. The molecule has 0 fully saturated rings. The predicted octanol–water partition coefficient (Wildman–Crippen LogP) is 3.84. The van der Waals surface area contributed by atoms with Crippen molar-refractivity contribution in [2.75, 3.05) is 0 Å². The molecule has 0 spiro atoms. The van der Waals surface area contributed by atoms with Gasteiger partial charge in [-0.3, -0.25) is 0 Å². The van der Waals surface area contributed by atoms with Crippen molar-refractivity contribution in [3.63, 3.8) is 0 Å². The Hall–Kier alpha value is -1.74. The highest BCUT2D eigenvalue weighted by Gasteiger charge is 2.30. The summed E-state index contributed by atoms with van der Waals surface area (Å²) in [5.74, 6) is -1.96. The van der Waals surface area contributed by atoms with Crippen molar-refractivity contribution < 1.29 is 13.9 Å². The lowest BCUT2D eigenvalue weighted by atomic mass is 9.86. The molecule has 0 radical (unpaired) electrons. The number of aliphatic hydroxyl groups is 1. The Morgan fingerprint density at radius 3 is 2.16 bits per heavy atom. The smallest absolute Gasteiger partial charge is 0.165 e. The maximum Gasteiger partial charge on any atom is 0.165 e. The number of rotatable bonds is 2. The van der Waals surface area contributed by atoms with E-state index in [-0.39, 0.29) is 5.56 Å². The van der Waals surface area contributed by atoms with Crippen LogP contribution in [-0.4, -0.2) is 5.11 Å². The maximum atomic E-state index is 13.8. The first-order valence-electron chi connectivity index (χ1n) is 6.08. The van der Waals surface area contributed by atoms with Crippen molar-refractivity contribution in [1.82, 2.24) is 0 Å². The number of halogens is 2. The van der Waals surface area contributed by atoms with Crippen molar-refractivity contribution in [3.05, 3.63) is 70.3 Å². The summed E-state index contributed by atoms with van der Waals surface area (Å²) in [4.78, 5) is 0. The highest BCUT2D eigenvalue weighted by molar-refractivity contribution is 5.40. The van der Waals surface area contributed by atoms with Gasteiger partial charge in [-0.15, -0.1) is 0 Å². The van der Waals surface area contributed by atoms with E-state index < -0.39 is 17.2 Å². The first-order valence-corrected chi connectivity index (χ1v) is 6.08. The molecule has 1 atom stereocenters. The Kier molecular flexibility index (Phi) is 3.42. The largest absolute Gasteiger partial charge is 0.381 e. The summed E-state index contributed by atoms with van der Waals surface area (Å²) in [6.45, 7) is 5.27. The van der Waals surface area contributed by atoms with Gasteiger partial charge in [-0.05, 0) is 32.4 Å². The van der Waals surface area contributed by atoms with Gasteiger partial charge in [0.25, 0.3) is 0 Å². The second-order valence-corrected chi connectivity index (χ2v) is 5.05. The molecule has 1 N–H and O–H groups in total. The van der Waals surface area contributed by atoms with Gasteiger partial charge in [0.05, 0.1) is 0 Å². The van der Waals surface area contributed by atoms with Crippen LogP contribution in [0, 0.1) is 25.5 Å². The Labute approximate surface area is 111 Å². The topological polar surface area (TPSA) is 20.2 Å². The van der Waals surface area contributed by atoms with E-state index in [1.807, 2.05) is 19.9 Å². The van der Waals surface area contributed by atoms with Crippen LogP contribution in [0.4, 0.5) is 8.78 Å². The van der Waals surface area contributed by atoms with Gasteiger partial charge in [0.1, 0.15) is 5.60 Å². The van der Waals surface area contributed by atoms with Crippen molar-refractivity contribution in [1.29, 1.82) is 0 Å². The molecule has 0 aliphatic rings. The molecule has 2 aromatic rings. The van der Waals surface area contributed by atoms with E-state index in [2.05, 4.69) is 0 Å². The van der Waals surface area contributed by atoms with E-state index in [1.165, 1.54) is 19.1 Å². The standard InChI is InChI=1S/C16H16F2O/c1-10-7-11(2)9-12(8-10)16(3,19)13-5-4-6-14(17)15(13)18/h4-9,19H,1-3H3. The van der Waals surface area contributed by atoms with Crippen LogP contribution in [0.25, 0.3) is 0 Å². The summed E-state index contributed by atoms with van der Waals surface area (Å²) in [5, 5.41) is 10.6. The molecule has 0 aliphatic carbocycles. The number of benzene rings is 2. The fraction of sp³-hybridized carbons (Fsp3) is 0.250. The lowest BCUT2D eigenvalue weighted by Gasteiger charge is -2.26. The molecule has 1 unspecified atom stereocenters. The minimum atomic E-state index is -1.57. The molecule has 1 nitrogen and oxygen atoms in total. The van der Waals surface area contributed by atoms with Gasteiger partial charge in [0.15, 0.2) is 11.6 Å². The average Bonchev–Trinajstić information content (AvgIpc) is 2.31. The van der Waals surface area contributed by atoms with Crippen LogP contribution in [0.5, 0.6) is 0 Å². The number of hydrogen-bond acceptors (Lipinski definition) is 1. The Morgan fingerprint density at radius 1 is 1.00 bits per heavy atom. The Balaban J connectivity index is 2.61. The number of aryl methyl sites for hydroxylation is 2. The van der Waals surface area contributed by atoms with Gasteiger partial charge in [0.2, 0.25) is 0 Å². The van der Waals surface area contributed by atoms with Gasteiger partial charge in [-0.2, -0.15) is 0 Å². The third-order valence-electron chi connectivity index (χ3n) is 3.26. The van der Waals surface area contributed by atoms with E-state index in [9.17, 15) is 13.9 Å². The van der Waals surface area contributed by atoms with Gasteiger partial charge in [-0.25, -0.2) is 8.78 Å². The van der Waals surface area contributed by atoms with Crippen LogP contribution in [0.1, 0.15) is 29.2 Å². The summed E-state index contributed by atoms with van der Waals surface area (Å²) in [6, 6.07) is 9.34. The zero-order valence-electron chi connectivity index (χ0n) is 11.2. The summed E-state index contributed by atoms with van der Waals surface area (Å²) >= 11 is 0. The van der Waals surface area contributed by atoms with Crippen molar-refractivity contribution in [2.45, 2.75) is 26.4 Å². The van der Waals surface area contributed by atoms with Gasteiger partial charge in [0, 0.05) is 5.56 Å². The third-order valence-corrected chi connectivity index (χ3v) is 3.26. The third kappa shape index (κ3) is 2.51. The van der Waals surface area contributed by atoms with E-state index >= 15 is 0 Å². The minimum Gasteiger partial charge on any atom is -0.381 e. The van der Waals surface area contributed by atoms with Crippen LogP contribution < -0.4 is 0 Å². The zero-order valence-corrected chi connectivity index (χ0v) is 11.2. The fourth-order valence-electron chi connectivity index (χ4n) is 2.29. The average molecular weight is 262 g/mol. The molecular weight excluding hydrogens is 246 g/mol. The lowest BCUT2D eigenvalue weighted by molar-refractivity contribution is 0.0969. The fourth-order valence-corrected chi connectivity index (χ4v) is 2.29. The molecule has 0 saturated heterocycles. The van der Waals surface area contributed by atoms with Crippen molar-refractivity contribution in [3.8, 4) is 0 Å². The number of hydrogen-bond donors (Lipinski definition) is 1. The molecule has 2 aromatic carbocycles. The molecule has 0 amide bonds. The maximum absolute atomic E-state index is 13.8. The van der Waals surface area contributed by atoms with E-state index in [0.717, 1.165) is 17.2 Å². The van der Waals surface area contributed by atoms with Gasteiger partial charge < -0.3 is 5.11 Å². The molecule has 3 heteroatoms. The summed E-state index contributed by atoms with van der Waals surface area (Å²) < 4.78 is 27.1. The second kappa shape index (κ2) is 4.74. The van der Waals surface area contributed by atoms with Crippen LogP contribution in [0.2, 0.25) is 0 Å². The first kappa shape index (κ1) is 13.7. The van der Waals surface area contributed by atoms with E-state index in [1.54, 1.807) is 12.1 Å². The monoisotopic (exact) mass is 262 g/mol. The molecular formula is C16H16F2O. The van der Waals surface area contributed by atoms with Crippen LogP contribution >= 0.6 is 0 Å². The first-order chi connectivity index (χ1) is 8.82. The molecule has 0 saturated carbocycles. The lowest BCUT2D eigenvalue weighted by Crippen LogP contribution is -2.25. The molecule has 19 heavy (non-hydrogen) atoms. The van der Waals surface area contributed by atoms with Crippen LogP contribution in [-0.2, 0) is 5.60 Å². The summed E-state index contributed by atoms with van der Waals surface area (Å²) in [6.07, 6.45) is 0. The highest BCUT2D eigenvalue weighted by Crippen LogP contribution is 2.32. The minimum absolute atomic E-state index is 0.0579. The summed E-state index contributed by atoms with van der Waals surface area (Å²) in [7, 11) is 0. The quantitative estimate of drug-likeness (QED) is 0.872. The molecule has 2 rings (SSSR count). The molecule has 100 valence electrons. The normalized spacial score (nSPS) is 14.2. The van der Waals surface area contributed by atoms with Crippen LogP contribution in [0.15, 0.2) is 36.4 Å². The molecule has 0 heterocycles. The Bertz CT molecular complexity index is 598. The zero-order chi connectivity index (χ0) is 14.2. The van der Waals surface area contributed by atoms with Crippen LogP contribution in [0.3, 0.4) is 0 Å². The van der Waals surface area contributed by atoms with Crippen molar-refractivity contribution >= 4 is 0 Å². The molecule has 0 bridgehead atoms.